The summed E-state index contributed by atoms with van der Waals surface area (Å²) in [6, 6.07) is 13.6. The molecule has 7 nitrogen and oxygen atoms in total. The molecule has 2 amide bonds. The largest absolute Gasteiger partial charge is 0.493 e. The van der Waals surface area contributed by atoms with Gasteiger partial charge in [0.05, 0.1) is 13.2 Å². The molecule has 1 atom stereocenters. The molecule has 162 valence electrons. The number of amides is 2. The molecule has 0 N–H and O–H groups in total. The van der Waals surface area contributed by atoms with Crippen molar-refractivity contribution in [2.45, 2.75) is 32.7 Å². The van der Waals surface area contributed by atoms with E-state index in [4.69, 9.17) is 14.2 Å². The quantitative estimate of drug-likeness (QED) is 0.741. The van der Waals surface area contributed by atoms with E-state index in [1.165, 1.54) is 0 Å². The molecule has 0 aliphatic carbocycles. The number of hydrogen-bond donors (Lipinski definition) is 0. The van der Waals surface area contributed by atoms with Gasteiger partial charge in [0.1, 0.15) is 0 Å². The number of rotatable bonds is 5. The van der Waals surface area contributed by atoms with Gasteiger partial charge in [0.25, 0.3) is 0 Å². The second-order valence-electron chi connectivity index (χ2n) is 7.73. The number of carbonyl (C=O) groups is 2. The van der Waals surface area contributed by atoms with Crippen LogP contribution >= 0.6 is 0 Å². The van der Waals surface area contributed by atoms with E-state index in [-0.39, 0.29) is 24.6 Å². The Morgan fingerprint density at radius 2 is 1.84 bits per heavy atom. The predicted molar refractivity (Wildman–Crippen MR) is 115 cm³/mol. The predicted octanol–water partition coefficient (Wildman–Crippen LogP) is 3.13. The number of hydrogen-bond acceptors (Lipinski definition) is 5. The first-order valence-corrected chi connectivity index (χ1v) is 10.2. The second kappa shape index (κ2) is 8.71. The van der Waals surface area contributed by atoms with Crippen molar-refractivity contribution in [1.82, 2.24) is 9.80 Å². The lowest BCUT2D eigenvalue weighted by Gasteiger charge is -2.39. The molecule has 0 fully saturated rings. The third kappa shape index (κ3) is 4.35. The van der Waals surface area contributed by atoms with Crippen LogP contribution in [-0.2, 0) is 22.4 Å². The normalized spacial score (nSPS) is 17.4. The monoisotopic (exact) mass is 422 g/mol. The molecule has 0 saturated heterocycles. The first-order valence-electron chi connectivity index (χ1n) is 10.2. The highest BCUT2D eigenvalue weighted by Gasteiger charge is 2.31. The zero-order valence-electron chi connectivity index (χ0n) is 18.0. The van der Waals surface area contributed by atoms with Gasteiger partial charge in [-0.2, -0.15) is 0 Å². The van der Waals surface area contributed by atoms with Crippen molar-refractivity contribution in [2.24, 2.45) is 0 Å². The molecule has 0 aromatic heterocycles. The third-order valence-corrected chi connectivity index (χ3v) is 5.58. The van der Waals surface area contributed by atoms with Crippen molar-refractivity contribution < 1.29 is 23.8 Å². The highest BCUT2D eigenvalue weighted by molar-refractivity contribution is 5.78. The van der Waals surface area contributed by atoms with Gasteiger partial charge in [-0.25, -0.2) is 0 Å². The van der Waals surface area contributed by atoms with Crippen LogP contribution in [0.5, 0.6) is 17.2 Å². The molecule has 0 saturated carbocycles. The van der Waals surface area contributed by atoms with Gasteiger partial charge in [-0.1, -0.05) is 30.3 Å². The Morgan fingerprint density at radius 3 is 2.52 bits per heavy atom. The van der Waals surface area contributed by atoms with E-state index < -0.39 is 0 Å². The van der Waals surface area contributed by atoms with E-state index in [2.05, 4.69) is 0 Å². The zero-order chi connectivity index (χ0) is 22.0. The van der Waals surface area contributed by atoms with Crippen molar-refractivity contribution >= 4 is 11.8 Å². The van der Waals surface area contributed by atoms with Crippen molar-refractivity contribution in [3.8, 4) is 17.2 Å². The van der Waals surface area contributed by atoms with Crippen LogP contribution in [0.3, 0.4) is 0 Å². The lowest BCUT2D eigenvalue weighted by atomic mass is 10.00. The molecular weight excluding hydrogens is 396 g/mol. The number of allylic oxidation sites excluding steroid dienone is 1. The van der Waals surface area contributed by atoms with Gasteiger partial charge >= 0.3 is 0 Å². The van der Waals surface area contributed by atoms with Crippen LogP contribution in [0.15, 0.2) is 54.4 Å². The fraction of sp³-hybridized carbons (Fsp3) is 0.333. The molecule has 2 aliphatic rings. The van der Waals surface area contributed by atoms with Gasteiger partial charge in [-0.05, 0) is 29.7 Å². The summed E-state index contributed by atoms with van der Waals surface area (Å²) in [5.41, 5.74) is 2.79. The molecule has 2 aliphatic heterocycles. The van der Waals surface area contributed by atoms with E-state index in [0.717, 1.165) is 16.8 Å². The Balaban J connectivity index is 1.65. The summed E-state index contributed by atoms with van der Waals surface area (Å²) in [4.78, 5) is 28.4. The van der Waals surface area contributed by atoms with Gasteiger partial charge in [-0.15, -0.1) is 0 Å². The van der Waals surface area contributed by atoms with Crippen molar-refractivity contribution in [3.05, 3.63) is 65.5 Å². The van der Waals surface area contributed by atoms with E-state index >= 15 is 0 Å². The summed E-state index contributed by atoms with van der Waals surface area (Å²) < 4.78 is 16.4. The standard InChI is InChI=1S/C24H26N2O5/c1-16(27)25-14-21(10-19-11-22(29-3)24-23(12-19)30-15-31-24)26(17(2)28)13-20(25)9-18-7-5-4-6-8-18/h4-8,11-12,14,20H,9-10,13,15H2,1-3H3/t20-/m0/s1. The number of benzene rings is 2. The van der Waals surface area contributed by atoms with Gasteiger partial charge in [-0.3, -0.25) is 9.59 Å². The molecule has 2 aromatic rings. The summed E-state index contributed by atoms with van der Waals surface area (Å²) in [7, 11) is 1.58. The Morgan fingerprint density at radius 1 is 1.06 bits per heavy atom. The highest BCUT2D eigenvalue weighted by Crippen LogP contribution is 2.42. The molecule has 4 rings (SSSR count). The minimum Gasteiger partial charge on any atom is -0.493 e. The fourth-order valence-corrected chi connectivity index (χ4v) is 4.12. The van der Waals surface area contributed by atoms with Gasteiger partial charge < -0.3 is 24.0 Å². The fourth-order valence-electron chi connectivity index (χ4n) is 4.12. The molecule has 31 heavy (non-hydrogen) atoms. The van der Waals surface area contributed by atoms with Crippen LogP contribution in [-0.4, -0.2) is 48.1 Å². The van der Waals surface area contributed by atoms with Crippen molar-refractivity contribution in [1.29, 1.82) is 0 Å². The van der Waals surface area contributed by atoms with E-state index in [1.54, 1.807) is 37.0 Å². The maximum atomic E-state index is 12.5. The Labute approximate surface area is 181 Å². The molecule has 0 unspecified atom stereocenters. The summed E-state index contributed by atoms with van der Waals surface area (Å²) >= 11 is 0. The highest BCUT2D eigenvalue weighted by atomic mass is 16.7. The smallest absolute Gasteiger partial charge is 0.231 e. The Kier molecular flexibility index (Phi) is 5.84. The van der Waals surface area contributed by atoms with Crippen LogP contribution in [0.4, 0.5) is 0 Å². The molecular formula is C24H26N2O5. The van der Waals surface area contributed by atoms with Crippen LogP contribution < -0.4 is 14.2 Å². The number of nitrogens with zero attached hydrogens (tertiary/aromatic N) is 2. The third-order valence-electron chi connectivity index (χ3n) is 5.58. The Hall–Kier alpha value is -3.48. The SMILES string of the molecule is COc1cc(CC2=CN(C(C)=O)[C@@H](Cc3ccccc3)CN2C(C)=O)cc2c1OCO2. The van der Waals surface area contributed by atoms with Gasteiger partial charge in [0, 0.05) is 38.7 Å². The zero-order valence-corrected chi connectivity index (χ0v) is 18.0. The summed E-state index contributed by atoms with van der Waals surface area (Å²) in [6.45, 7) is 3.70. The second-order valence-corrected chi connectivity index (χ2v) is 7.73. The average Bonchev–Trinajstić information content (AvgIpc) is 3.23. The molecule has 0 radical (unpaired) electrons. The minimum atomic E-state index is -0.126. The molecule has 2 heterocycles. The number of carbonyl (C=O) groups excluding carboxylic acids is 2. The lowest BCUT2D eigenvalue weighted by Crippen LogP contribution is -2.50. The number of fused-ring (bicyclic) bond motifs is 1. The Bertz CT molecular complexity index is 1020. The number of ether oxygens (including phenoxy) is 3. The number of methoxy groups -OCH3 is 1. The first-order chi connectivity index (χ1) is 15.0. The average molecular weight is 422 g/mol. The van der Waals surface area contributed by atoms with Crippen LogP contribution in [0.25, 0.3) is 0 Å². The maximum Gasteiger partial charge on any atom is 0.231 e. The van der Waals surface area contributed by atoms with Gasteiger partial charge in [0.15, 0.2) is 11.5 Å². The molecule has 2 aromatic carbocycles. The summed E-state index contributed by atoms with van der Waals surface area (Å²) in [6.07, 6.45) is 2.93. The lowest BCUT2D eigenvalue weighted by molar-refractivity contribution is -0.134. The molecule has 7 heteroatoms. The van der Waals surface area contributed by atoms with E-state index in [9.17, 15) is 9.59 Å². The maximum absolute atomic E-state index is 12.5. The van der Waals surface area contributed by atoms with Crippen molar-refractivity contribution in [3.63, 3.8) is 0 Å². The minimum absolute atomic E-state index is 0.0510. The molecule has 0 spiro atoms. The van der Waals surface area contributed by atoms with Crippen molar-refractivity contribution in [2.75, 3.05) is 20.4 Å². The topological polar surface area (TPSA) is 68.3 Å². The van der Waals surface area contributed by atoms with Gasteiger partial charge in [0.2, 0.25) is 24.4 Å². The molecule has 0 bridgehead atoms. The summed E-state index contributed by atoms with van der Waals surface area (Å²) in [5.74, 6) is 1.68. The first kappa shape index (κ1) is 20.8. The van der Waals surface area contributed by atoms with Crippen LogP contribution in [0, 0.1) is 0 Å². The van der Waals surface area contributed by atoms with E-state index in [1.807, 2.05) is 42.5 Å². The van der Waals surface area contributed by atoms with Crippen LogP contribution in [0.1, 0.15) is 25.0 Å². The van der Waals surface area contributed by atoms with Crippen LogP contribution in [0.2, 0.25) is 0 Å². The van der Waals surface area contributed by atoms with E-state index in [0.29, 0.717) is 36.6 Å². The summed E-state index contributed by atoms with van der Waals surface area (Å²) in [5, 5.41) is 0.